The molecule has 1 unspecified atom stereocenters. The number of carbonyl (C=O) groups is 2. The van der Waals surface area contributed by atoms with Gasteiger partial charge in [-0.2, -0.15) is 4.99 Å². The maximum atomic E-state index is 14.4. The van der Waals surface area contributed by atoms with Gasteiger partial charge in [0.05, 0.1) is 5.54 Å². The van der Waals surface area contributed by atoms with Gasteiger partial charge in [-0.1, -0.05) is 47.1 Å². The molecule has 0 heterocycles. The molecule has 0 spiro atoms. The Balaban J connectivity index is 1.58. The van der Waals surface area contributed by atoms with E-state index < -0.39 is 5.54 Å². The van der Waals surface area contributed by atoms with Gasteiger partial charge in [-0.3, -0.25) is 9.59 Å². The van der Waals surface area contributed by atoms with Gasteiger partial charge < -0.3 is 4.74 Å². The van der Waals surface area contributed by atoms with Crippen molar-refractivity contribution in [3.8, 4) is 0 Å². The smallest absolute Gasteiger partial charge is 0.302 e. The Labute approximate surface area is 223 Å². The fraction of sp³-hybridized carbons (Fsp3) is 0.844. The summed E-state index contributed by atoms with van der Waals surface area (Å²) in [6, 6.07) is 0. The molecule has 0 aliphatic heterocycles. The van der Waals surface area contributed by atoms with Crippen LogP contribution in [0.4, 0.5) is 0 Å². The number of fused-ring (bicyclic) bond motifs is 7. The van der Waals surface area contributed by atoms with Crippen LogP contribution in [0.2, 0.25) is 0 Å². The summed E-state index contributed by atoms with van der Waals surface area (Å²) in [5.41, 5.74) is 0.628. The molecule has 0 radical (unpaired) electrons. The molecule has 0 amide bonds. The van der Waals surface area contributed by atoms with E-state index in [4.69, 9.17) is 4.74 Å². The lowest BCUT2D eigenvalue weighted by atomic mass is 9.33. The molecule has 5 aliphatic carbocycles. The van der Waals surface area contributed by atoms with E-state index in [0.29, 0.717) is 11.7 Å². The first-order valence-corrected chi connectivity index (χ1v) is 14.6. The monoisotopic (exact) mass is 509 g/mol. The van der Waals surface area contributed by atoms with E-state index in [-0.39, 0.29) is 51.0 Å². The Morgan fingerprint density at radius 2 is 1.65 bits per heavy atom. The lowest BCUT2D eigenvalue weighted by Crippen LogP contribution is -2.66. The number of carbonyl (C=O) groups excluding carboxylic acids is 3. The molecule has 0 aromatic heterocycles. The van der Waals surface area contributed by atoms with Gasteiger partial charge in [-0.15, -0.1) is 0 Å². The zero-order chi connectivity index (χ0) is 27.2. The van der Waals surface area contributed by atoms with Gasteiger partial charge in [-0.05, 0) is 104 Å². The molecule has 5 heteroatoms. The highest BCUT2D eigenvalue weighted by Gasteiger charge is 2.70. The maximum Gasteiger partial charge on any atom is 0.302 e. The highest BCUT2D eigenvalue weighted by atomic mass is 16.5. The SMILES string of the molecule is CC(=O)OC1CC[C@]2(C)[C@H]3C(=O)C=C4[C@@H]5C[C@@](C)(N=C=O)CC[C@]5(C)CC[C@@]4(C)[C@]3(C)CC[C@H]2C1(C)C. The fourth-order valence-corrected chi connectivity index (χ4v) is 10.8. The predicted molar refractivity (Wildman–Crippen MR) is 143 cm³/mol. The number of ether oxygens (including phenoxy) is 1. The van der Waals surface area contributed by atoms with Gasteiger partial charge in [0.2, 0.25) is 6.08 Å². The van der Waals surface area contributed by atoms with Gasteiger partial charge in [0.25, 0.3) is 0 Å². The van der Waals surface area contributed by atoms with Crippen LogP contribution in [-0.4, -0.2) is 29.5 Å². The second-order valence-corrected chi connectivity index (χ2v) is 15.4. The summed E-state index contributed by atoms with van der Waals surface area (Å²) in [6.07, 6.45) is 12.7. The number of rotatable bonds is 2. The number of hydrogen-bond donors (Lipinski definition) is 0. The Morgan fingerprint density at radius 1 is 0.973 bits per heavy atom. The number of isocyanates is 1. The minimum absolute atomic E-state index is 0.0302. The van der Waals surface area contributed by atoms with Crippen LogP contribution in [0.15, 0.2) is 16.6 Å². The molecule has 9 atom stereocenters. The third-order valence-electron chi connectivity index (χ3n) is 13.1. The van der Waals surface area contributed by atoms with E-state index in [1.165, 1.54) is 12.5 Å². The van der Waals surface area contributed by atoms with E-state index in [1.807, 2.05) is 6.08 Å². The van der Waals surface area contributed by atoms with Crippen molar-refractivity contribution in [2.45, 2.75) is 125 Å². The molecule has 5 rings (SSSR count). The van der Waals surface area contributed by atoms with Crippen molar-refractivity contribution in [3.63, 3.8) is 0 Å². The van der Waals surface area contributed by atoms with E-state index in [1.54, 1.807) is 0 Å². The Kier molecular flexibility index (Phi) is 5.90. The summed E-state index contributed by atoms with van der Waals surface area (Å²) >= 11 is 0. The van der Waals surface area contributed by atoms with Gasteiger partial charge >= 0.3 is 5.97 Å². The van der Waals surface area contributed by atoms with Gasteiger partial charge in [-0.25, -0.2) is 4.79 Å². The lowest BCUT2D eigenvalue weighted by molar-refractivity contribution is -0.209. The topological polar surface area (TPSA) is 72.8 Å². The first-order chi connectivity index (χ1) is 17.1. The zero-order valence-electron chi connectivity index (χ0n) is 24.3. The van der Waals surface area contributed by atoms with Crippen LogP contribution >= 0.6 is 0 Å². The quantitative estimate of drug-likeness (QED) is 0.228. The van der Waals surface area contributed by atoms with Crippen LogP contribution in [0.25, 0.3) is 0 Å². The number of hydrogen-bond acceptors (Lipinski definition) is 5. The third-order valence-corrected chi connectivity index (χ3v) is 13.1. The van der Waals surface area contributed by atoms with Crippen LogP contribution in [0.1, 0.15) is 113 Å². The maximum absolute atomic E-state index is 14.4. The summed E-state index contributed by atoms with van der Waals surface area (Å²) in [6.45, 7) is 17.7. The first kappa shape index (κ1) is 26.9. The molecule has 4 saturated carbocycles. The molecule has 0 aromatic carbocycles. The highest BCUT2D eigenvalue weighted by molar-refractivity contribution is 5.95. The second-order valence-electron chi connectivity index (χ2n) is 15.4. The van der Waals surface area contributed by atoms with E-state index in [9.17, 15) is 14.4 Å². The van der Waals surface area contributed by atoms with Gasteiger partial charge in [0.1, 0.15) is 6.10 Å². The Morgan fingerprint density at radius 3 is 2.30 bits per heavy atom. The molecule has 0 saturated heterocycles. The largest absolute Gasteiger partial charge is 0.462 e. The Bertz CT molecular complexity index is 1100. The number of allylic oxidation sites excluding steroid dienone is 2. The predicted octanol–water partition coefficient (Wildman–Crippen LogP) is 6.99. The van der Waals surface area contributed by atoms with E-state index >= 15 is 0 Å². The van der Waals surface area contributed by atoms with Crippen molar-refractivity contribution in [2.24, 2.45) is 49.8 Å². The van der Waals surface area contributed by atoms with Crippen molar-refractivity contribution >= 4 is 17.8 Å². The summed E-state index contributed by atoms with van der Waals surface area (Å²) in [7, 11) is 0. The average molecular weight is 510 g/mol. The number of esters is 1. The van der Waals surface area contributed by atoms with Crippen molar-refractivity contribution in [3.05, 3.63) is 11.6 Å². The first-order valence-electron chi connectivity index (χ1n) is 14.6. The van der Waals surface area contributed by atoms with Crippen LogP contribution in [0.3, 0.4) is 0 Å². The van der Waals surface area contributed by atoms with Crippen LogP contribution < -0.4 is 0 Å². The molecule has 0 aromatic rings. The fourth-order valence-electron chi connectivity index (χ4n) is 10.8. The Hall–Kier alpha value is -1.74. The molecule has 0 N–H and O–H groups in total. The summed E-state index contributed by atoms with van der Waals surface area (Å²) in [5.74, 6) is 0.662. The molecule has 5 nitrogen and oxygen atoms in total. The minimum Gasteiger partial charge on any atom is -0.462 e. The van der Waals surface area contributed by atoms with Crippen molar-refractivity contribution in [2.75, 3.05) is 0 Å². The molecule has 4 fully saturated rings. The molecular weight excluding hydrogens is 462 g/mol. The third kappa shape index (κ3) is 3.55. The van der Waals surface area contributed by atoms with Crippen LogP contribution in [0.5, 0.6) is 0 Å². The zero-order valence-corrected chi connectivity index (χ0v) is 24.3. The lowest BCUT2D eigenvalue weighted by Gasteiger charge is -2.70. The standard InChI is InChI=1S/C32H47NO4/c1-20(35)37-25-10-11-30(6)24(27(25,2)3)9-12-32(8)26(30)23(36)17-21-22-18-29(5,33-19-34)15-13-28(22,4)14-16-31(21,32)7/h17,22,24-26H,9-16,18H2,1-8H3/t22-,24-,25?,26+,28+,29-,30-,31+,32+/m0/s1. The van der Waals surface area contributed by atoms with Crippen molar-refractivity contribution in [1.29, 1.82) is 0 Å². The molecule has 204 valence electrons. The number of ketones is 1. The number of nitrogens with zero attached hydrogens (tertiary/aromatic N) is 1. The molecule has 37 heavy (non-hydrogen) atoms. The average Bonchev–Trinajstić information content (AvgIpc) is 2.78. The molecular formula is C32H47NO4. The van der Waals surface area contributed by atoms with E-state index in [2.05, 4.69) is 59.5 Å². The highest BCUT2D eigenvalue weighted by Crippen LogP contribution is 2.75. The normalized spacial score (nSPS) is 50.3. The van der Waals surface area contributed by atoms with E-state index in [0.717, 1.165) is 57.8 Å². The molecule has 0 bridgehead atoms. The van der Waals surface area contributed by atoms with Crippen LogP contribution in [-0.2, 0) is 19.1 Å². The van der Waals surface area contributed by atoms with Crippen molar-refractivity contribution < 1.29 is 19.1 Å². The van der Waals surface area contributed by atoms with Crippen LogP contribution in [0, 0.1) is 44.8 Å². The number of aliphatic imine (C=N–C) groups is 1. The summed E-state index contributed by atoms with van der Waals surface area (Å²) in [5, 5.41) is 0. The minimum atomic E-state index is -0.394. The van der Waals surface area contributed by atoms with Gasteiger partial charge in [0, 0.05) is 18.3 Å². The summed E-state index contributed by atoms with van der Waals surface area (Å²) in [4.78, 5) is 41.8. The summed E-state index contributed by atoms with van der Waals surface area (Å²) < 4.78 is 5.83. The molecule has 5 aliphatic rings. The van der Waals surface area contributed by atoms with Crippen molar-refractivity contribution in [1.82, 2.24) is 0 Å². The van der Waals surface area contributed by atoms with Gasteiger partial charge in [0.15, 0.2) is 5.78 Å². The second kappa shape index (κ2) is 8.13.